The van der Waals surface area contributed by atoms with Gasteiger partial charge in [0.15, 0.2) is 5.78 Å². The molecule has 0 aliphatic rings. The summed E-state index contributed by atoms with van der Waals surface area (Å²) in [5.41, 5.74) is 4.50. The topological polar surface area (TPSA) is 115 Å². The van der Waals surface area contributed by atoms with E-state index in [2.05, 4.69) is 44.2 Å². The Labute approximate surface area is 276 Å². The minimum absolute atomic E-state index is 0.0170. The van der Waals surface area contributed by atoms with Gasteiger partial charge in [-0.15, -0.1) is 11.3 Å². The van der Waals surface area contributed by atoms with Gasteiger partial charge in [-0.25, -0.2) is 4.98 Å². The van der Waals surface area contributed by atoms with Crippen molar-refractivity contribution in [2.24, 2.45) is 0 Å². The quantitative estimate of drug-likeness (QED) is 0.0546. The Morgan fingerprint density at radius 3 is 2.18 bits per heavy atom. The molecule has 0 atom stereocenters. The van der Waals surface area contributed by atoms with Gasteiger partial charge in [0.05, 0.1) is 10.6 Å². The third-order valence-corrected chi connectivity index (χ3v) is 6.38. The normalized spacial score (nSPS) is 10.9. The third-order valence-electron chi connectivity index (χ3n) is 5.40. The van der Waals surface area contributed by atoms with Crippen LogP contribution in [0.4, 0.5) is 0 Å². The molecule has 254 valence electrons. The lowest BCUT2D eigenvalue weighted by Gasteiger charge is -2.00. The van der Waals surface area contributed by atoms with Crippen molar-refractivity contribution in [3.05, 3.63) is 74.0 Å². The van der Waals surface area contributed by atoms with Crippen molar-refractivity contribution in [1.29, 1.82) is 0 Å². The molecule has 45 heavy (non-hydrogen) atoms. The minimum Gasteiger partial charge on any atom is -0.381 e. The molecule has 8 nitrogen and oxygen atoms in total. The number of hydrogen-bond donors (Lipinski definition) is 1. The van der Waals surface area contributed by atoms with E-state index in [1.54, 1.807) is 13.1 Å². The average molecular weight is 646 g/mol. The summed E-state index contributed by atoms with van der Waals surface area (Å²) in [5, 5.41) is 13.8. The van der Waals surface area contributed by atoms with Crippen LogP contribution in [0.1, 0.15) is 124 Å². The molecular weight excluding hydrogens is 586 g/mol. The summed E-state index contributed by atoms with van der Waals surface area (Å²) in [6, 6.07) is 0. The highest BCUT2D eigenvalue weighted by atomic mass is 32.1. The van der Waals surface area contributed by atoms with Crippen LogP contribution in [0.3, 0.4) is 0 Å². The van der Waals surface area contributed by atoms with E-state index in [0.717, 1.165) is 59.9 Å². The smallest absolute Gasteiger partial charge is 0.269 e. The fraction of sp³-hybridized carbons (Fsp3) is 0.528. The second-order valence-corrected chi connectivity index (χ2v) is 10.4. The average Bonchev–Trinajstić information content (AvgIpc) is 3.64. The molecule has 0 unspecified atom stereocenters. The second kappa shape index (κ2) is 30.6. The SMILES string of the molecule is C=C/C(=C\c1c(-c2csc(/C(C)=C/C(=C\CC)C(C)=O)n2)c[nH]c1C)[N+](=O)[O-].CC.CC=O.CCC.CCCCCOCCC. The maximum Gasteiger partial charge on any atom is 0.269 e. The first kappa shape index (κ1) is 46.0. The zero-order chi connectivity index (χ0) is 35.2. The van der Waals surface area contributed by atoms with Crippen molar-refractivity contribution in [1.82, 2.24) is 9.97 Å². The van der Waals surface area contributed by atoms with Gasteiger partial charge < -0.3 is 14.5 Å². The van der Waals surface area contributed by atoms with Crippen LogP contribution in [0.25, 0.3) is 22.9 Å². The maximum absolute atomic E-state index is 11.8. The molecule has 0 aromatic carbocycles. The van der Waals surface area contributed by atoms with Gasteiger partial charge in [-0.1, -0.05) is 80.4 Å². The summed E-state index contributed by atoms with van der Waals surface area (Å²) in [4.78, 5) is 39.0. The van der Waals surface area contributed by atoms with Crippen molar-refractivity contribution in [2.45, 2.75) is 115 Å². The van der Waals surface area contributed by atoms with Gasteiger partial charge in [0.1, 0.15) is 11.3 Å². The molecule has 0 amide bonds. The van der Waals surface area contributed by atoms with E-state index >= 15 is 0 Å². The summed E-state index contributed by atoms with van der Waals surface area (Å²) in [6.07, 6.45) is 16.0. The van der Waals surface area contributed by atoms with Gasteiger partial charge >= 0.3 is 0 Å². The van der Waals surface area contributed by atoms with E-state index in [-0.39, 0.29) is 11.5 Å². The zero-order valence-corrected chi connectivity index (χ0v) is 30.6. The number of Topliss-reactive ketones (excluding diaryl/α,β-unsaturated/α-hetero) is 1. The number of allylic oxidation sites excluding steroid dienone is 5. The Kier molecular flexibility index (Phi) is 31.3. The first-order chi connectivity index (χ1) is 21.5. The standard InChI is InChI=1S/C21H23N3O3S.C8H18O.C3H8.C2H4O.C2H6/c1-6-8-16(15(5)25)9-13(3)21-23-20(12-28-21)19-11-22-14(4)18(19)10-17(7-2)24(26)27;1-3-5-6-8-9-7-4-2;1-3-2;1-2-3;1-2/h7-12,22H,2,6H2,1,3-5H3;3-8H2,1-2H3;3H2,1-2H3;2H,1H3;1-2H3/b13-9+,16-8+,17-10+;;;;. The number of unbranched alkanes of at least 4 members (excludes halogenated alkanes) is 2. The predicted octanol–water partition coefficient (Wildman–Crippen LogP) is 10.8. The number of nitro groups is 1. The Bertz CT molecular complexity index is 1180. The fourth-order valence-corrected chi connectivity index (χ4v) is 4.17. The number of aromatic nitrogens is 2. The fourth-order valence-electron chi connectivity index (χ4n) is 3.37. The Balaban J connectivity index is -0.000000860. The molecule has 0 aliphatic carbocycles. The molecule has 0 saturated carbocycles. The van der Waals surface area contributed by atoms with Gasteiger partial charge in [0, 0.05) is 59.3 Å². The monoisotopic (exact) mass is 645 g/mol. The van der Waals surface area contributed by atoms with Crippen LogP contribution in [-0.4, -0.2) is 40.2 Å². The van der Waals surface area contributed by atoms with Crippen molar-refractivity contribution >= 4 is 35.1 Å². The number of aromatic amines is 1. The number of thiazole rings is 1. The van der Waals surface area contributed by atoms with Crippen LogP contribution >= 0.6 is 11.3 Å². The molecule has 2 aromatic rings. The molecule has 0 saturated heterocycles. The molecule has 9 heteroatoms. The van der Waals surface area contributed by atoms with E-state index in [1.807, 2.05) is 52.2 Å². The number of aryl methyl sites for hydroxylation is 1. The summed E-state index contributed by atoms with van der Waals surface area (Å²) >= 11 is 1.47. The van der Waals surface area contributed by atoms with Gasteiger partial charge in [-0.2, -0.15) is 0 Å². The number of aldehydes is 1. The Hall–Kier alpha value is -3.43. The summed E-state index contributed by atoms with van der Waals surface area (Å²) < 4.78 is 5.28. The van der Waals surface area contributed by atoms with E-state index in [1.165, 1.54) is 56.1 Å². The lowest BCUT2D eigenvalue weighted by Crippen LogP contribution is -1.95. The van der Waals surface area contributed by atoms with Crippen molar-refractivity contribution in [2.75, 3.05) is 13.2 Å². The van der Waals surface area contributed by atoms with Crippen LogP contribution in [-0.2, 0) is 14.3 Å². The number of carbonyl (C=O) groups is 2. The zero-order valence-electron chi connectivity index (χ0n) is 29.7. The van der Waals surface area contributed by atoms with Gasteiger partial charge in [0.25, 0.3) is 5.70 Å². The molecule has 0 radical (unpaired) electrons. The molecule has 0 spiro atoms. The molecule has 0 aliphatic heterocycles. The van der Waals surface area contributed by atoms with E-state index in [0.29, 0.717) is 11.1 Å². The molecule has 2 aromatic heterocycles. The predicted molar refractivity (Wildman–Crippen MR) is 194 cm³/mol. The number of H-pyrrole nitrogens is 1. The third kappa shape index (κ3) is 21.0. The highest BCUT2D eigenvalue weighted by molar-refractivity contribution is 7.11. The molecule has 0 bridgehead atoms. The minimum atomic E-state index is -0.466. The number of rotatable bonds is 14. The summed E-state index contributed by atoms with van der Waals surface area (Å²) in [7, 11) is 0. The van der Waals surface area contributed by atoms with E-state index < -0.39 is 4.92 Å². The first-order valence-electron chi connectivity index (χ1n) is 16.0. The lowest BCUT2D eigenvalue weighted by atomic mass is 10.1. The van der Waals surface area contributed by atoms with E-state index in [9.17, 15) is 14.9 Å². The van der Waals surface area contributed by atoms with Crippen molar-refractivity contribution in [3.8, 4) is 11.3 Å². The molecule has 0 fully saturated rings. The molecular formula is C36H59N3O5S. The lowest BCUT2D eigenvalue weighted by molar-refractivity contribution is -0.417. The van der Waals surface area contributed by atoms with Crippen LogP contribution in [0.2, 0.25) is 0 Å². The van der Waals surface area contributed by atoms with Gasteiger partial charge in [-0.05, 0) is 58.6 Å². The van der Waals surface area contributed by atoms with Gasteiger partial charge in [-0.3, -0.25) is 14.9 Å². The number of ether oxygens (including phenoxy) is 1. The van der Waals surface area contributed by atoms with Crippen LogP contribution in [0.15, 0.2) is 47.7 Å². The number of carbonyl (C=O) groups excluding carboxylic acids is 2. The summed E-state index contributed by atoms with van der Waals surface area (Å²) in [5.74, 6) is 0.0170. The maximum atomic E-state index is 11.8. The Morgan fingerprint density at radius 2 is 1.71 bits per heavy atom. The molecule has 2 rings (SSSR count). The number of hydrogen-bond acceptors (Lipinski definition) is 7. The van der Waals surface area contributed by atoms with Crippen LogP contribution < -0.4 is 0 Å². The highest BCUT2D eigenvalue weighted by Gasteiger charge is 2.16. The summed E-state index contributed by atoms with van der Waals surface area (Å²) in [6.45, 7) is 26.7. The molecule has 2 heterocycles. The number of ketones is 1. The van der Waals surface area contributed by atoms with Crippen molar-refractivity contribution < 1.29 is 19.2 Å². The number of nitrogens with one attached hydrogen (secondary N) is 1. The second-order valence-electron chi connectivity index (χ2n) is 9.52. The van der Waals surface area contributed by atoms with Crippen LogP contribution in [0.5, 0.6) is 0 Å². The van der Waals surface area contributed by atoms with E-state index in [4.69, 9.17) is 9.53 Å². The molecule has 1 N–H and O–H groups in total. The van der Waals surface area contributed by atoms with Gasteiger partial charge in [0.2, 0.25) is 0 Å². The number of nitrogens with zero attached hydrogens (tertiary/aromatic N) is 2. The largest absolute Gasteiger partial charge is 0.381 e. The van der Waals surface area contributed by atoms with Crippen molar-refractivity contribution in [3.63, 3.8) is 0 Å². The van der Waals surface area contributed by atoms with Crippen LogP contribution in [0, 0.1) is 17.0 Å². The first-order valence-corrected chi connectivity index (χ1v) is 16.9. The Morgan fingerprint density at radius 1 is 1.11 bits per heavy atom. The highest BCUT2D eigenvalue weighted by Crippen LogP contribution is 2.31.